The van der Waals surface area contributed by atoms with E-state index in [0.717, 1.165) is 12.8 Å². The molecule has 0 saturated heterocycles. The largest absolute Gasteiger partial charge is 0.544 e. The zero-order chi connectivity index (χ0) is 24.6. The van der Waals surface area contributed by atoms with Crippen molar-refractivity contribution in [2.24, 2.45) is 0 Å². The summed E-state index contributed by atoms with van der Waals surface area (Å²) >= 11 is 5.58. The molecule has 0 bridgehead atoms. The van der Waals surface area contributed by atoms with Crippen molar-refractivity contribution in [1.82, 2.24) is 0 Å². The number of carbonyl (C=O) groups is 1. The number of thiocarbonyl (C=S) groups is 1. The highest BCUT2D eigenvalue weighted by Gasteiger charge is 2.45. The third-order valence-corrected chi connectivity index (χ3v) is 9.59. The Balaban J connectivity index is 3.79. The van der Waals surface area contributed by atoms with E-state index in [2.05, 4.69) is 19.1 Å². The second kappa shape index (κ2) is 23.3. The van der Waals surface area contributed by atoms with Gasteiger partial charge in [-0.1, -0.05) is 82.7 Å². The average molecular weight is 501 g/mol. The van der Waals surface area contributed by atoms with Crippen LogP contribution in [0.4, 0.5) is 0 Å². The SMILES string of the molecule is CCCCCCCCC=CCCCCCCCC(=O)CCC(=S)[Si](OCC)(OCC)OCC. The summed E-state index contributed by atoms with van der Waals surface area (Å²) in [5, 5.41) is 0. The number of unbranched alkanes of at least 4 members (excludes halogenated alkanes) is 11. The fourth-order valence-corrected chi connectivity index (χ4v) is 6.80. The molecule has 4 nitrogen and oxygen atoms in total. The molecule has 0 atom stereocenters. The van der Waals surface area contributed by atoms with Crippen LogP contribution in [0.5, 0.6) is 0 Å². The molecular weight excluding hydrogens is 448 g/mol. The first-order valence-corrected chi connectivity index (χ1v) is 15.8. The van der Waals surface area contributed by atoms with E-state index >= 15 is 0 Å². The summed E-state index contributed by atoms with van der Waals surface area (Å²) in [7, 11) is -2.97. The first kappa shape index (κ1) is 32.6. The summed E-state index contributed by atoms with van der Waals surface area (Å²) in [4.78, 5) is 12.3. The van der Waals surface area contributed by atoms with Gasteiger partial charge in [-0.15, -0.1) is 0 Å². The first-order valence-electron chi connectivity index (χ1n) is 13.7. The van der Waals surface area contributed by atoms with Gasteiger partial charge in [0, 0.05) is 32.7 Å². The molecule has 0 radical (unpaired) electrons. The molecule has 0 unspecified atom stereocenters. The predicted molar refractivity (Wildman–Crippen MR) is 147 cm³/mol. The van der Waals surface area contributed by atoms with Crippen LogP contribution in [0.1, 0.15) is 130 Å². The topological polar surface area (TPSA) is 44.8 Å². The third kappa shape index (κ3) is 17.7. The van der Waals surface area contributed by atoms with Crippen LogP contribution in [-0.2, 0) is 18.1 Å². The van der Waals surface area contributed by atoms with Gasteiger partial charge in [0.25, 0.3) is 0 Å². The highest BCUT2D eigenvalue weighted by atomic mass is 32.1. The highest BCUT2D eigenvalue weighted by molar-refractivity contribution is 7.84. The third-order valence-electron chi connectivity index (χ3n) is 5.69. The van der Waals surface area contributed by atoms with Crippen molar-refractivity contribution in [2.45, 2.75) is 130 Å². The molecular formula is C27H52O4SSi. The molecule has 0 aromatic rings. The lowest BCUT2D eigenvalue weighted by Gasteiger charge is -2.28. The van der Waals surface area contributed by atoms with Crippen LogP contribution in [0.2, 0.25) is 0 Å². The van der Waals surface area contributed by atoms with Gasteiger partial charge in [0.1, 0.15) is 5.78 Å². The molecule has 0 N–H and O–H groups in total. The number of hydrogen-bond donors (Lipinski definition) is 0. The Labute approximate surface area is 211 Å². The molecule has 0 spiro atoms. The summed E-state index contributed by atoms with van der Waals surface area (Å²) in [6, 6.07) is 0. The van der Waals surface area contributed by atoms with Gasteiger partial charge in [0.05, 0.1) is 4.49 Å². The number of ketones is 1. The smallest absolute Gasteiger partial charge is 0.370 e. The molecule has 0 aromatic carbocycles. The average Bonchev–Trinajstić information content (AvgIpc) is 2.80. The molecule has 0 rings (SSSR count). The van der Waals surface area contributed by atoms with Crippen LogP contribution >= 0.6 is 12.2 Å². The number of carbonyl (C=O) groups excluding carboxylic acids is 1. The van der Waals surface area contributed by atoms with Crippen LogP contribution in [0, 0.1) is 0 Å². The molecule has 0 fully saturated rings. The number of Topliss-reactive ketones (excluding diaryl/α,β-unsaturated/α-hetero) is 1. The molecule has 0 aliphatic carbocycles. The van der Waals surface area contributed by atoms with Crippen molar-refractivity contribution in [3.63, 3.8) is 0 Å². The van der Waals surface area contributed by atoms with E-state index in [1.54, 1.807) is 0 Å². The van der Waals surface area contributed by atoms with Crippen molar-refractivity contribution in [2.75, 3.05) is 19.8 Å². The highest BCUT2D eigenvalue weighted by Crippen LogP contribution is 2.18. The Hall–Kier alpha value is -0.403. The van der Waals surface area contributed by atoms with E-state index in [0.29, 0.717) is 43.6 Å². The fraction of sp³-hybridized carbons (Fsp3) is 0.852. The summed E-state index contributed by atoms with van der Waals surface area (Å²) in [6.45, 7) is 9.50. The summed E-state index contributed by atoms with van der Waals surface area (Å²) < 4.78 is 18.2. The van der Waals surface area contributed by atoms with Crippen LogP contribution in [0.3, 0.4) is 0 Å². The lowest BCUT2D eigenvalue weighted by Crippen LogP contribution is -2.53. The molecule has 0 aromatic heterocycles. The maximum atomic E-state index is 12.3. The van der Waals surface area contributed by atoms with Gasteiger partial charge >= 0.3 is 8.80 Å². The first-order chi connectivity index (χ1) is 16.1. The Kier molecular flexibility index (Phi) is 23.1. The van der Waals surface area contributed by atoms with Crippen LogP contribution in [-0.4, -0.2) is 38.9 Å². The Bertz CT molecular complexity index is 493. The second-order valence-electron chi connectivity index (χ2n) is 8.65. The van der Waals surface area contributed by atoms with E-state index in [1.807, 2.05) is 20.8 Å². The van der Waals surface area contributed by atoms with Gasteiger partial charge in [-0.25, -0.2) is 0 Å². The maximum Gasteiger partial charge on any atom is 0.544 e. The maximum absolute atomic E-state index is 12.3. The summed E-state index contributed by atoms with van der Waals surface area (Å²) in [5.74, 6) is 0.280. The molecule has 0 aliphatic rings. The minimum atomic E-state index is -2.97. The van der Waals surface area contributed by atoms with Gasteiger partial charge < -0.3 is 13.3 Å². The number of allylic oxidation sites excluding steroid dienone is 2. The predicted octanol–water partition coefficient (Wildman–Crippen LogP) is 8.33. The molecule has 0 aliphatic heterocycles. The van der Waals surface area contributed by atoms with Crippen molar-refractivity contribution < 1.29 is 18.1 Å². The second-order valence-corrected chi connectivity index (χ2v) is 12.1. The van der Waals surface area contributed by atoms with Crippen molar-refractivity contribution in [3.05, 3.63) is 12.2 Å². The van der Waals surface area contributed by atoms with Crippen molar-refractivity contribution in [3.8, 4) is 0 Å². The van der Waals surface area contributed by atoms with E-state index < -0.39 is 8.80 Å². The fourth-order valence-electron chi connectivity index (χ4n) is 3.86. The summed E-state index contributed by atoms with van der Waals surface area (Å²) in [6.07, 6.45) is 22.8. The summed E-state index contributed by atoms with van der Waals surface area (Å²) in [5.41, 5.74) is 0. The van der Waals surface area contributed by atoms with Crippen LogP contribution in [0.25, 0.3) is 0 Å². The van der Waals surface area contributed by atoms with Crippen molar-refractivity contribution in [1.29, 1.82) is 0 Å². The van der Waals surface area contributed by atoms with Crippen LogP contribution in [0.15, 0.2) is 12.2 Å². The van der Waals surface area contributed by atoms with Gasteiger partial charge in [-0.3, -0.25) is 4.79 Å². The lowest BCUT2D eigenvalue weighted by molar-refractivity contribution is -0.119. The Morgan fingerprint density at radius 3 is 1.58 bits per heavy atom. The zero-order valence-corrected chi connectivity index (χ0v) is 23.9. The normalized spacial score (nSPS) is 12.0. The minimum Gasteiger partial charge on any atom is -0.370 e. The van der Waals surface area contributed by atoms with Crippen molar-refractivity contribution >= 4 is 31.3 Å². The Morgan fingerprint density at radius 2 is 1.09 bits per heavy atom. The zero-order valence-electron chi connectivity index (χ0n) is 22.1. The standard InChI is InChI=1S/C27H52O4SSi/c1-5-9-10-11-12-13-14-15-16-17-18-19-20-21-22-23-26(28)24-25-27(32)33(29-6-2,30-7-3)31-8-4/h15-16H,5-14,17-25H2,1-4H3. The van der Waals surface area contributed by atoms with Gasteiger partial charge in [0.2, 0.25) is 0 Å². The van der Waals surface area contributed by atoms with Gasteiger partial charge in [0.15, 0.2) is 0 Å². The quantitative estimate of drug-likeness (QED) is 0.0545. The molecule has 33 heavy (non-hydrogen) atoms. The Morgan fingerprint density at radius 1 is 0.636 bits per heavy atom. The molecule has 0 amide bonds. The van der Waals surface area contributed by atoms with Gasteiger partial charge in [-0.2, -0.15) is 0 Å². The van der Waals surface area contributed by atoms with E-state index in [1.165, 1.54) is 70.6 Å². The lowest BCUT2D eigenvalue weighted by atomic mass is 10.1. The number of hydrogen-bond acceptors (Lipinski definition) is 5. The van der Waals surface area contributed by atoms with E-state index in [-0.39, 0.29) is 5.78 Å². The number of rotatable bonds is 25. The van der Waals surface area contributed by atoms with E-state index in [9.17, 15) is 4.79 Å². The monoisotopic (exact) mass is 500 g/mol. The van der Waals surface area contributed by atoms with E-state index in [4.69, 9.17) is 25.5 Å². The van der Waals surface area contributed by atoms with Gasteiger partial charge in [-0.05, 0) is 59.3 Å². The molecule has 0 saturated carbocycles. The molecule has 0 heterocycles. The molecule has 6 heteroatoms. The molecule has 194 valence electrons. The minimum absolute atomic E-state index is 0.280. The van der Waals surface area contributed by atoms with Crippen LogP contribution < -0.4 is 0 Å².